The highest BCUT2D eigenvalue weighted by Crippen LogP contribution is 2.41. The number of carbonyl (C=O) groups excluding carboxylic acids is 1. The first-order chi connectivity index (χ1) is 12.7. The van der Waals surface area contributed by atoms with Crippen LogP contribution < -0.4 is 9.21 Å². The fraction of sp³-hybridized carbons (Fsp3) is 0.350. The molecule has 27 heavy (non-hydrogen) atoms. The van der Waals surface area contributed by atoms with Crippen molar-refractivity contribution in [2.24, 2.45) is 0 Å². The average Bonchev–Trinajstić information content (AvgIpc) is 2.90. The van der Waals surface area contributed by atoms with Crippen LogP contribution in [0.15, 0.2) is 45.8 Å². The lowest BCUT2D eigenvalue weighted by Crippen LogP contribution is -2.36. The van der Waals surface area contributed by atoms with Crippen LogP contribution in [0.4, 0.5) is 11.4 Å². The van der Waals surface area contributed by atoms with E-state index in [1.54, 1.807) is 17.0 Å². The molecule has 1 aliphatic rings. The number of amides is 1. The fourth-order valence-electron chi connectivity index (χ4n) is 3.74. The predicted molar refractivity (Wildman–Crippen MR) is 112 cm³/mol. The van der Waals surface area contributed by atoms with Gasteiger partial charge in [0, 0.05) is 24.0 Å². The van der Waals surface area contributed by atoms with Crippen molar-refractivity contribution in [2.75, 3.05) is 15.7 Å². The molecule has 0 spiro atoms. The van der Waals surface area contributed by atoms with Gasteiger partial charge in [-0.1, -0.05) is 28.1 Å². The highest BCUT2D eigenvalue weighted by Gasteiger charge is 2.37. The molecule has 0 radical (unpaired) electrons. The van der Waals surface area contributed by atoms with Gasteiger partial charge in [0.1, 0.15) is 4.90 Å². The van der Waals surface area contributed by atoms with E-state index in [9.17, 15) is 13.2 Å². The monoisotopic (exact) mass is 450 g/mol. The van der Waals surface area contributed by atoms with Crippen LogP contribution in [0, 0.1) is 6.92 Å². The molecular formula is C20H23BrN2O3S. The second kappa shape index (κ2) is 7.28. The molecular weight excluding hydrogens is 428 g/mol. The molecule has 1 heterocycles. The smallest absolute Gasteiger partial charge is 0.266 e. The lowest BCUT2D eigenvalue weighted by Gasteiger charge is -2.27. The molecule has 2 aromatic rings. The molecule has 2 aromatic carbocycles. The Balaban J connectivity index is 2.22. The van der Waals surface area contributed by atoms with Crippen molar-refractivity contribution in [1.82, 2.24) is 0 Å². The Morgan fingerprint density at radius 2 is 2.00 bits per heavy atom. The third-order valence-corrected chi connectivity index (χ3v) is 7.17. The largest absolute Gasteiger partial charge is 0.308 e. The molecule has 1 aliphatic heterocycles. The van der Waals surface area contributed by atoms with Gasteiger partial charge in [0.2, 0.25) is 5.91 Å². The molecule has 1 amide bonds. The summed E-state index contributed by atoms with van der Waals surface area (Å²) < 4.78 is 29.3. The number of rotatable bonds is 4. The summed E-state index contributed by atoms with van der Waals surface area (Å²) in [6, 6.07) is 10.8. The Morgan fingerprint density at radius 3 is 2.59 bits per heavy atom. The minimum Gasteiger partial charge on any atom is -0.308 e. The summed E-state index contributed by atoms with van der Waals surface area (Å²) in [6.07, 6.45) is 0.632. The Kier molecular flexibility index (Phi) is 5.36. The number of fused-ring (bicyclic) bond motifs is 1. The van der Waals surface area contributed by atoms with Crippen LogP contribution in [0.25, 0.3) is 0 Å². The fourth-order valence-corrected chi connectivity index (χ4v) is 6.12. The van der Waals surface area contributed by atoms with Crippen molar-refractivity contribution < 1.29 is 13.2 Å². The van der Waals surface area contributed by atoms with E-state index < -0.39 is 10.0 Å². The lowest BCUT2D eigenvalue weighted by atomic mass is 10.1. The van der Waals surface area contributed by atoms with Gasteiger partial charge in [-0.05, 0) is 62.6 Å². The average molecular weight is 451 g/mol. The van der Waals surface area contributed by atoms with E-state index in [1.165, 1.54) is 11.2 Å². The van der Waals surface area contributed by atoms with Gasteiger partial charge in [-0.25, -0.2) is 8.42 Å². The highest BCUT2D eigenvalue weighted by atomic mass is 79.9. The first kappa shape index (κ1) is 19.9. The molecule has 0 N–H and O–H groups in total. The van der Waals surface area contributed by atoms with Crippen molar-refractivity contribution in [2.45, 2.75) is 45.1 Å². The van der Waals surface area contributed by atoms with Crippen LogP contribution in [-0.2, 0) is 21.2 Å². The van der Waals surface area contributed by atoms with Gasteiger partial charge >= 0.3 is 0 Å². The molecule has 5 nitrogen and oxygen atoms in total. The van der Waals surface area contributed by atoms with Gasteiger partial charge in [0.05, 0.1) is 11.4 Å². The quantitative estimate of drug-likeness (QED) is 0.698. The number of benzene rings is 2. The van der Waals surface area contributed by atoms with Gasteiger partial charge < -0.3 is 4.90 Å². The lowest BCUT2D eigenvalue weighted by molar-refractivity contribution is -0.116. The molecule has 0 saturated heterocycles. The topological polar surface area (TPSA) is 57.7 Å². The number of anilines is 2. The minimum atomic E-state index is -3.85. The van der Waals surface area contributed by atoms with Crippen molar-refractivity contribution in [1.29, 1.82) is 0 Å². The zero-order valence-corrected chi connectivity index (χ0v) is 18.3. The Bertz CT molecular complexity index is 1000. The number of halogens is 1. The predicted octanol–water partition coefficient (Wildman–Crippen LogP) is 4.27. The Labute approximate surface area is 169 Å². The van der Waals surface area contributed by atoms with E-state index in [2.05, 4.69) is 15.9 Å². The zero-order valence-electron chi connectivity index (χ0n) is 15.9. The molecule has 0 unspecified atom stereocenters. The van der Waals surface area contributed by atoms with Gasteiger partial charge in [-0.15, -0.1) is 0 Å². The zero-order chi connectivity index (χ0) is 19.9. The molecule has 7 heteroatoms. The van der Waals surface area contributed by atoms with Crippen molar-refractivity contribution >= 4 is 43.2 Å². The Hall–Kier alpha value is -1.86. The number of carbonyl (C=O) groups is 1. The van der Waals surface area contributed by atoms with Crippen molar-refractivity contribution in [3.63, 3.8) is 0 Å². The number of nitrogens with zero attached hydrogens (tertiary/aromatic N) is 2. The number of hydrogen-bond donors (Lipinski definition) is 0. The maximum absolute atomic E-state index is 13.6. The summed E-state index contributed by atoms with van der Waals surface area (Å²) >= 11 is 3.44. The first-order valence-corrected chi connectivity index (χ1v) is 11.1. The minimum absolute atomic E-state index is 0.0743. The maximum Gasteiger partial charge on any atom is 0.266 e. The molecule has 144 valence electrons. The van der Waals surface area contributed by atoms with Crippen LogP contribution in [-0.4, -0.2) is 26.9 Å². The standard InChI is InChI=1S/C20H23BrN2O3S/c1-5-22(18-8-6-7-13(2)9-18)27(25,26)19-12-17(21)11-16-10-14(3)23(15(4)24)20(16)19/h6-9,11-12,14H,5,10H2,1-4H3/t14-/m1/s1. The van der Waals surface area contributed by atoms with E-state index in [-0.39, 0.29) is 16.8 Å². The number of sulfonamides is 1. The summed E-state index contributed by atoms with van der Waals surface area (Å²) in [5, 5.41) is 0. The first-order valence-electron chi connectivity index (χ1n) is 8.88. The maximum atomic E-state index is 13.6. The summed E-state index contributed by atoms with van der Waals surface area (Å²) in [5.74, 6) is -0.154. The molecule has 0 saturated carbocycles. The normalized spacial score (nSPS) is 16.3. The summed E-state index contributed by atoms with van der Waals surface area (Å²) in [7, 11) is -3.85. The van der Waals surface area contributed by atoms with Gasteiger partial charge in [-0.2, -0.15) is 0 Å². The van der Waals surface area contributed by atoms with E-state index >= 15 is 0 Å². The number of aryl methyl sites for hydroxylation is 1. The molecule has 0 aliphatic carbocycles. The van der Waals surface area contributed by atoms with Gasteiger partial charge in [0.25, 0.3) is 10.0 Å². The highest BCUT2D eigenvalue weighted by molar-refractivity contribution is 9.10. The van der Waals surface area contributed by atoms with E-state index in [1.807, 2.05) is 45.0 Å². The molecule has 1 atom stereocenters. The van der Waals surface area contributed by atoms with E-state index in [4.69, 9.17) is 0 Å². The van der Waals surface area contributed by atoms with Gasteiger partial charge in [0.15, 0.2) is 0 Å². The second-order valence-electron chi connectivity index (χ2n) is 6.86. The molecule has 3 rings (SSSR count). The number of hydrogen-bond acceptors (Lipinski definition) is 3. The van der Waals surface area contributed by atoms with Crippen LogP contribution in [0.1, 0.15) is 31.9 Å². The van der Waals surface area contributed by atoms with Crippen LogP contribution >= 0.6 is 15.9 Å². The summed E-state index contributed by atoms with van der Waals surface area (Å²) in [6.45, 7) is 7.44. The molecule has 0 bridgehead atoms. The van der Waals surface area contributed by atoms with Gasteiger partial charge in [-0.3, -0.25) is 9.10 Å². The van der Waals surface area contributed by atoms with E-state index in [0.717, 1.165) is 11.1 Å². The second-order valence-corrected chi connectivity index (χ2v) is 9.61. The summed E-state index contributed by atoms with van der Waals surface area (Å²) in [4.78, 5) is 14.0. The van der Waals surface area contributed by atoms with Crippen molar-refractivity contribution in [3.8, 4) is 0 Å². The third-order valence-electron chi connectivity index (χ3n) is 4.80. The van der Waals surface area contributed by atoms with E-state index in [0.29, 0.717) is 28.8 Å². The van der Waals surface area contributed by atoms with Crippen LogP contribution in [0.3, 0.4) is 0 Å². The van der Waals surface area contributed by atoms with Crippen LogP contribution in [0.5, 0.6) is 0 Å². The Morgan fingerprint density at radius 1 is 1.30 bits per heavy atom. The van der Waals surface area contributed by atoms with Crippen LogP contribution in [0.2, 0.25) is 0 Å². The molecule has 0 aromatic heterocycles. The third kappa shape index (κ3) is 3.50. The summed E-state index contributed by atoms with van der Waals surface area (Å²) in [5.41, 5.74) is 2.97. The molecule has 0 fully saturated rings. The SMILES string of the molecule is CCN(c1cccc(C)c1)S(=O)(=O)c1cc(Br)cc2c1N(C(C)=O)[C@H](C)C2. The van der Waals surface area contributed by atoms with Crippen molar-refractivity contribution in [3.05, 3.63) is 52.0 Å².